The molecule has 2 rings (SSSR count). The van der Waals surface area contributed by atoms with Crippen LogP contribution in [-0.4, -0.2) is 17.0 Å². The molecule has 0 aromatic heterocycles. The molecule has 0 aliphatic carbocycles. The Hall–Kier alpha value is -2.14. The van der Waals surface area contributed by atoms with Crippen molar-refractivity contribution in [2.24, 2.45) is 0 Å². The summed E-state index contributed by atoms with van der Waals surface area (Å²) in [5.74, 6) is -1.26. The molecule has 0 radical (unpaired) electrons. The van der Waals surface area contributed by atoms with Crippen LogP contribution < -0.4 is 4.74 Å². The zero-order valence-electron chi connectivity index (χ0n) is 9.67. The first-order chi connectivity index (χ1) is 9.08. The molecule has 0 saturated heterocycles. The summed E-state index contributed by atoms with van der Waals surface area (Å²) in [6, 6.07) is 12.8. The van der Waals surface area contributed by atoms with E-state index >= 15 is 0 Å². The van der Waals surface area contributed by atoms with Crippen LogP contribution in [0.15, 0.2) is 53.0 Å². The minimum absolute atomic E-state index is 0.117. The molecule has 2 aromatic carbocycles. The lowest BCUT2D eigenvalue weighted by Crippen LogP contribution is -2.09. The minimum Gasteiger partial charge on any atom is -0.478 e. The van der Waals surface area contributed by atoms with E-state index in [1.807, 2.05) is 0 Å². The average molecular weight is 321 g/mol. The van der Waals surface area contributed by atoms with Crippen LogP contribution in [0.3, 0.4) is 0 Å². The lowest BCUT2D eigenvalue weighted by Gasteiger charge is -2.07. The normalized spacial score (nSPS) is 9.95. The second-order valence-corrected chi connectivity index (χ2v) is 4.56. The summed E-state index contributed by atoms with van der Waals surface area (Å²) in [5.41, 5.74) is 0.545. The highest BCUT2D eigenvalue weighted by atomic mass is 79.9. The molecule has 0 saturated carbocycles. The van der Waals surface area contributed by atoms with Gasteiger partial charge in [0.1, 0.15) is 5.75 Å². The van der Waals surface area contributed by atoms with Crippen LogP contribution in [0.5, 0.6) is 5.75 Å². The van der Waals surface area contributed by atoms with Crippen molar-refractivity contribution in [3.05, 3.63) is 64.1 Å². The van der Waals surface area contributed by atoms with Gasteiger partial charge in [-0.3, -0.25) is 0 Å². The number of ether oxygens (including phenoxy) is 1. The Balaban J connectivity index is 2.20. The van der Waals surface area contributed by atoms with Crippen molar-refractivity contribution in [2.75, 3.05) is 0 Å². The Labute approximate surface area is 117 Å². The minimum atomic E-state index is -1.04. The number of rotatable bonds is 3. The molecule has 19 heavy (non-hydrogen) atoms. The molecule has 0 atom stereocenters. The number of aromatic carboxylic acids is 1. The molecule has 0 fully saturated rings. The molecule has 4 nitrogen and oxygen atoms in total. The number of hydrogen-bond acceptors (Lipinski definition) is 3. The van der Waals surface area contributed by atoms with E-state index in [0.29, 0.717) is 10.0 Å². The predicted molar refractivity (Wildman–Crippen MR) is 72.5 cm³/mol. The molecular weight excluding hydrogens is 312 g/mol. The van der Waals surface area contributed by atoms with Crippen LogP contribution >= 0.6 is 15.9 Å². The topological polar surface area (TPSA) is 63.6 Å². The Morgan fingerprint density at radius 3 is 2.26 bits per heavy atom. The summed E-state index contributed by atoms with van der Waals surface area (Å²) >= 11 is 3.18. The van der Waals surface area contributed by atoms with Crippen molar-refractivity contribution in [3.8, 4) is 5.75 Å². The van der Waals surface area contributed by atoms with Gasteiger partial charge in [-0.15, -0.1) is 0 Å². The predicted octanol–water partition coefficient (Wildman–Crippen LogP) is 3.37. The van der Waals surface area contributed by atoms with Gasteiger partial charge in [-0.05, 0) is 46.3 Å². The Morgan fingerprint density at radius 2 is 1.68 bits per heavy atom. The highest BCUT2D eigenvalue weighted by Gasteiger charge is 2.12. The molecule has 5 heteroatoms. The van der Waals surface area contributed by atoms with Gasteiger partial charge in [-0.2, -0.15) is 0 Å². The maximum atomic E-state index is 11.8. The molecule has 1 N–H and O–H groups in total. The quantitative estimate of drug-likeness (QED) is 0.695. The highest BCUT2D eigenvalue weighted by Crippen LogP contribution is 2.26. The van der Waals surface area contributed by atoms with Gasteiger partial charge >= 0.3 is 11.9 Å². The molecule has 0 aliphatic heterocycles. The first kappa shape index (κ1) is 13.3. The lowest BCUT2D eigenvalue weighted by atomic mass is 10.2. The van der Waals surface area contributed by atoms with E-state index in [1.54, 1.807) is 30.3 Å². The lowest BCUT2D eigenvalue weighted by molar-refractivity contribution is 0.0696. The van der Waals surface area contributed by atoms with Crippen LogP contribution in [0.4, 0.5) is 0 Å². The van der Waals surface area contributed by atoms with Gasteiger partial charge in [0.2, 0.25) is 0 Å². The molecule has 2 aromatic rings. The molecule has 0 spiro atoms. The number of benzene rings is 2. The Morgan fingerprint density at radius 1 is 1.00 bits per heavy atom. The number of carbonyl (C=O) groups excluding carboxylic acids is 1. The van der Waals surface area contributed by atoms with Crippen LogP contribution in [0.25, 0.3) is 0 Å². The van der Waals surface area contributed by atoms with Crippen molar-refractivity contribution in [3.63, 3.8) is 0 Å². The molecule has 0 amide bonds. The average Bonchev–Trinajstić information content (AvgIpc) is 2.41. The van der Waals surface area contributed by atoms with Gasteiger partial charge in [0.15, 0.2) is 0 Å². The van der Waals surface area contributed by atoms with Crippen LogP contribution in [0.1, 0.15) is 20.7 Å². The number of carbonyl (C=O) groups is 2. The standard InChI is InChI=1S/C14H9BrO4/c15-11-8-10(13(16)17)6-7-12(11)19-14(18)9-4-2-1-3-5-9/h1-8H,(H,16,17). The summed E-state index contributed by atoms with van der Waals surface area (Å²) in [6.45, 7) is 0. The second kappa shape index (κ2) is 5.67. The number of carboxylic acids is 1. The van der Waals surface area contributed by atoms with E-state index in [4.69, 9.17) is 9.84 Å². The second-order valence-electron chi connectivity index (χ2n) is 3.71. The highest BCUT2D eigenvalue weighted by molar-refractivity contribution is 9.10. The van der Waals surface area contributed by atoms with E-state index in [2.05, 4.69) is 15.9 Å². The number of halogens is 1. The summed E-state index contributed by atoms with van der Waals surface area (Å²) in [5, 5.41) is 8.83. The third-order valence-electron chi connectivity index (χ3n) is 2.39. The van der Waals surface area contributed by atoms with Gasteiger partial charge in [0.25, 0.3) is 0 Å². The summed E-state index contributed by atoms with van der Waals surface area (Å²) in [7, 11) is 0. The maximum Gasteiger partial charge on any atom is 0.343 e. The summed E-state index contributed by atoms with van der Waals surface area (Å²) in [4.78, 5) is 22.6. The van der Waals surface area contributed by atoms with Crippen LogP contribution in [-0.2, 0) is 0 Å². The molecule has 96 valence electrons. The van der Waals surface area contributed by atoms with Gasteiger partial charge in [-0.1, -0.05) is 18.2 Å². The van der Waals surface area contributed by atoms with E-state index in [9.17, 15) is 9.59 Å². The zero-order chi connectivity index (χ0) is 13.8. The third kappa shape index (κ3) is 3.20. The van der Waals surface area contributed by atoms with E-state index < -0.39 is 11.9 Å². The molecule has 0 aliphatic rings. The van der Waals surface area contributed by atoms with Gasteiger partial charge in [0, 0.05) is 0 Å². The number of carboxylic acid groups (broad SMARTS) is 1. The van der Waals surface area contributed by atoms with Crippen molar-refractivity contribution in [1.82, 2.24) is 0 Å². The van der Waals surface area contributed by atoms with Gasteiger partial charge in [-0.25, -0.2) is 9.59 Å². The first-order valence-corrected chi connectivity index (χ1v) is 6.17. The zero-order valence-corrected chi connectivity index (χ0v) is 11.3. The fourth-order valence-electron chi connectivity index (χ4n) is 1.45. The fraction of sp³-hybridized carbons (Fsp3) is 0. The van der Waals surface area contributed by atoms with Gasteiger partial charge < -0.3 is 9.84 Å². The largest absolute Gasteiger partial charge is 0.478 e. The van der Waals surface area contributed by atoms with Crippen molar-refractivity contribution >= 4 is 27.9 Å². The molecular formula is C14H9BrO4. The summed E-state index contributed by atoms with van der Waals surface area (Å²) in [6.07, 6.45) is 0. The van der Waals surface area contributed by atoms with Crippen molar-refractivity contribution < 1.29 is 19.4 Å². The fourth-order valence-corrected chi connectivity index (χ4v) is 1.91. The molecule has 0 unspecified atom stereocenters. The molecule has 0 bridgehead atoms. The smallest absolute Gasteiger partial charge is 0.343 e. The number of esters is 1. The Kier molecular flexibility index (Phi) is 3.97. The van der Waals surface area contributed by atoms with Crippen molar-refractivity contribution in [2.45, 2.75) is 0 Å². The maximum absolute atomic E-state index is 11.8. The summed E-state index contributed by atoms with van der Waals surface area (Å²) < 4.78 is 5.60. The molecule has 0 heterocycles. The van der Waals surface area contributed by atoms with Crippen LogP contribution in [0, 0.1) is 0 Å². The van der Waals surface area contributed by atoms with E-state index in [0.717, 1.165) is 0 Å². The van der Waals surface area contributed by atoms with E-state index in [-0.39, 0.29) is 11.3 Å². The number of hydrogen-bond donors (Lipinski definition) is 1. The van der Waals surface area contributed by atoms with Crippen molar-refractivity contribution in [1.29, 1.82) is 0 Å². The third-order valence-corrected chi connectivity index (χ3v) is 3.01. The monoisotopic (exact) mass is 320 g/mol. The van der Waals surface area contributed by atoms with Crippen LogP contribution in [0.2, 0.25) is 0 Å². The SMILES string of the molecule is O=C(O)c1ccc(OC(=O)c2ccccc2)c(Br)c1. The Bertz CT molecular complexity index is 623. The first-order valence-electron chi connectivity index (χ1n) is 5.38. The van der Waals surface area contributed by atoms with Gasteiger partial charge in [0.05, 0.1) is 15.6 Å². The van der Waals surface area contributed by atoms with E-state index in [1.165, 1.54) is 18.2 Å².